The van der Waals surface area contributed by atoms with Crippen LogP contribution in [0.25, 0.3) is 10.8 Å². The second kappa shape index (κ2) is 6.58. The molecule has 0 radical (unpaired) electrons. The first-order valence-corrected chi connectivity index (χ1v) is 7.02. The smallest absolute Gasteiger partial charge is 0.119 e. The lowest BCUT2D eigenvalue weighted by Gasteiger charge is -2.15. The molecule has 2 aromatic rings. The third kappa shape index (κ3) is 3.40. The molecule has 20 heavy (non-hydrogen) atoms. The number of likely N-dealkylation sites (N-methyl/N-ethyl adjacent to an activating group) is 1. The molecule has 0 aliphatic rings. The van der Waals surface area contributed by atoms with Crippen LogP contribution >= 0.6 is 0 Å². The van der Waals surface area contributed by atoms with Gasteiger partial charge in [0.1, 0.15) is 5.75 Å². The monoisotopic (exact) mass is 269 g/mol. The number of hydrogen-bond donors (Lipinski definition) is 1. The van der Waals surface area contributed by atoms with Gasteiger partial charge in [-0.2, -0.15) is 0 Å². The lowest BCUT2D eigenvalue weighted by molar-refractivity contribution is 0.415. The average Bonchev–Trinajstić information content (AvgIpc) is 2.45. The van der Waals surface area contributed by atoms with E-state index in [1.807, 2.05) is 13.1 Å². The standard InChI is InChI=1S/C18H23NO/c1-13(2)10-16(19-3)11-15-7-5-6-14-8-9-17(20-4)12-18(14)15/h5-10,12,16,19H,11H2,1-4H3. The van der Waals surface area contributed by atoms with Crippen LogP contribution in [0.2, 0.25) is 0 Å². The zero-order chi connectivity index (χ0) is 14.5. The predicted octanol–water partition coefficient (Wildman–Crippen LogP) is 3.95. The summed E-state index contributed by atoms with van der Waals surface area (Å²) in [6.07, 6.45) is 3.26. The second-order valence-corrected chi connectivity index (χ2v) is 5.35. The van der Waals surface area contributed by atoms with Gasteiger partial charge in [-0.15, -0.1) is 0 Å². The minimum atomic E-state index is 0.358. The van der Waals surface area contributed by atoms with Crippen LogP contribution in [0.4, 0.5) is 0 Å². The summed E-state index contributed by atoms with van der Waals surface area (Å²) >= 11 is 0. The van der Waals surface area contributed by atoms with Gasteiger partial charge in [-0.05, 0) is 55.8 Å². The molecule has 0 heterocycles. The highest BCUT2D eigenvalue weighted by Gasteiger charge is 2.08. The molecule has 2 aromatic carbocycles. The maximum atomic E-state index is 5.35. The molecule has 0 spiro atoms. The molecular formula is C18H23NO. The van der Waals surface area contributed by atoms with Gasteiger partial charge in [-0.25, -0.2) is 0 Å². The summed E-state index contributed by atoms with van der Waals surface area (Å²) in [6, 6.07) is 13.1. The number of benzene rings is 2. The lowest BCUT2D eigenvalue weighted by atomic mass is 9.97. The Morgan fingerprint density at radius 2 is 2.05 bits per heavy atom. The number of rotatable bonds is 5. The van der Waals surface area contributed by atoms with Gasteiger partial charge < -0.3 is 10.1 Å². The first kappa shape index (κ1) is 14.6. The zero-order valence-corrected chi connectivity index (χ0v) is 12.7. The molecule has 2 heteroatoms. The highest BCUT2D eigenvalue weighted by Crippen LogP contribution is 2.25. The Hall–Kier alpha value is -1.80. The van der Waals surface area contributed by atoms with E-state index in [2.05, 4.69) is 55.6 Å². The van der Waals surface area contributed by atoms with Gasteiger partial charge in [-0.1, -0.05) is 35.9 Å². The van der Waals surface area contributed by atoms with Crippen molar-refractivity contribution in [2.24, 2.45) is 0 Å². The summed E-state index contributed by atoms with van der Waals surface area (Å²) in [5.74, 6) is 0.910. The Bertz CT molecular complexity index is 612. The number of nitrogens with one attached hydrogen (secondary N) is 1. The van der Waals surface area contributed by atoms with Crippen molar-refractivity contribution in [2.45, 2.75) is 26.3 Å². The van der Waals surface area contributed by atoms with E-state index in [0.29, 0.717) is 6.04 Å². The van der Waals surface area contributed by atoms with Crippen LogP contribution in [0, 0.1) is 0 Å². The van der Waals surface area contributed by atoms with Crippen LogP contribution in [0.1, 0.15) is 19.4 Å². The molecule has 1 atom stereocenters. The summed E-state index contributed by atoms with van der Waals surface area (Å²) in [5.41, 5.74) is 2.68. The first-order chi connectivity index (χ1) is 9.63. The highest BCUT2D eigenvalue weighted by molar-refractivity contribution is 5.87. The van der Waals surface area contributed by atoms with E-state index in [0.717, 1.165) is 12.2 Å². The van der Waals surface area contributed by atoms with E-state index in [1.54, 1.807) is 7.11 Å². The molecule has 0 aliphatic carbocycles. The summed E-state index contributed by atoms with van der Waals surface area (Å²) in [6.45, 7) is 4.27. The Balaban J connectivity index is 2.40. The van der Waals surface area contributed by atoms with Crippen LogP contribution in [0.3, 0.4) is 0 Å². The molecule has 0 aromatic heterocycles. The van der Waals surface area contributed by atoms with E-state index in [4.69, 9.17) is 4.74 Å². The molecular weight excluding hydrogens is 246 g/mol. The molecule has 0 saturated heterocycles. The van der Waals surface area contributed by atoms with Crippen molar-refractivity contribution in [1.82, 2.24) is 5.32 Å². The number of ether oxygens (including phenoxy) is 1. The molecule has 1 unspecified atom stereocenters. The minimum Gasteiger partial charge on any atom is -0.497 e. The molecule has 0 amide bonds. The number of fused-ring (bicyclic) bond motifs is 1. The Labute approximate surface area is 121 Å². The number of allylic oxidation sites excluding steroid dienone is 1. The molecule has 2 rings (SSSR count). The van der Waals surface area contributed by atoms with Gasteiger partial charge in [-0.3, -0.25) is 0 Å². The topological polar surface area (TPSA) is 21.3 Å². The second-order valence-electron chi connectivity index (χ2n) is 5.35. The Morgan fingerprint density at radius 1 is 1.25 bits per heavy atom. The molecule has 2 nitrogen and oxygen atoms in total. The molecule has 0 bridgehead atoms. The van der Waals surface area contributed by atoms with Crippen molar-refractivity contribution in [3.05, 3.63) is 53.6 Å². The Morgan fingerprint density at radius 3 is 2.70 bits per heavy atom. The minimum absolute atomic E-state index is 0.358. The molecule has 0 fully saturated rings. The van der Waals surface area contributed by atoms with Gasteiger partial charge in [0, 0.05) is 6.04 Å². The maximum Gasteiger partial charge on any atom is 0.119 e. The van der Waals surface area contributed by atoms with Crippen molar-refractivity contribution in [3.63, 3.8) is 0 Å². The van der Waals surface area contributed by atoms with E-state index in [-0.39, 0.29) is 0 Å². The third-order valence-electron chi connectivity index (χ3n) is 3.52. The number of methoxy groups -OCH3 is 1. The zero-order valence-electron chi connectivity index (χ0n) is 12.7. The predicted molar refractivity (Wildman–Crippen MR) is 86.5 cm³/mol. The van der Waals surface area contributed by atoms with Crippen LogP contribution in [-0.2, 0) is 6.42 Å². The Kier molecular flexibility index (Phi) is 4.80. The largest absolute Gasteiger partial charge is 0.497 e. The molecule has 106 valence electrons. The van der Waals surface area contributed by atoms with Crippen LogP contribution in [-0.4, -0.2) is 20.2 Å². The fourth-order valence-electron chi connectivity index (χ4n) is 2.51. The number of hydrogen-bond acceptors (Lipinski definition) is 2. The SMILES string of the molecule is CNC(C=C(C)C)Cc1cccc2ccc(OC)cc12. The maximum absolute atomic E-state index is 5.35. The quantitative estimate of drug-likeness (QED) is 0.830. The summed E-state index contributed by atoms with van der Waals surface area (Å²) in [5, 5.41) is 5.90. The third-order valence-corrected chi connectivity index (χ3v) is 3.52. The summed E-state index contributed by atoms with van der Waals surface area (Å²) in [7, 11) is 3.72. The van der Waals surface area contributed by atoms with Crippen molar-refractivity contribution in [1.29, 1.82) is 0 Å². The first-order valence-electron chi connectivity index (χ1n) is 7.02. The fourth-order valence-corrected chi connectivity index (χ4v) is 2.51. The highest BCUT2D eigenvalue weighted by atomic mass is 16.5. The summed E-state index contributed by atoms with van der Waals surface area (Å²) < 4.78 is 5.35. The van der Waals surface area contributed by atoms with E-state index in [1.165, 1.54) is 21.9 Å². The van der Waals surface area contributed by atoms with Crippen molar-refractivity contribution < 1.29 is 4.74 Å². The van der Waals surface area contributed by atoms with Crippen LogP contribution in [0.15, 0.2) is 48.0 Å². The van der Waals surface area contributed by atoms with E-state index < -0.39 is 0 Å². The fraction of sp³-hybridized carbons (Fsp3) is 0.333. The van der Waals surface area contributed by atoms with Crippen molar-refractivity contribution in [3.8, 4) is 5.75 Å². The lowest BCUT2D eigenvalue weighted by Crippen LogP contribution is -2.25. The van der Waals surface area contributed by atoms with Gasteiger partial charge >= 0.3 is 0 Å². The molecule has 0 saturated carbocycles. The normalized spacial score (nSPS) is 12.2. The van der Waals surface area contributed by atoms with Crippen LogP contribution < -0.4 is 10.1 Å². The van der Waals surface area contributed by atoms with Gasteiger partial charge in [0.25, 0.3) is 0 Å². The van der Waals surface area contributed by atoms with E-state index in [9.17, 15) is 0 Å². The van der Waals surface area contributed by atoms with Crippen molar-refractivity contribution in [2.75, 3.05) is 14.2 Å². The van der Waals surface area contributed by atoms with Crippen molar-refractivity contribution >= 4 is 10.8 Å². The van der Waals surface area contributed by atoms with Gasteiger partial charge in [0.05, 0.1) is 7.11 Å². The van der Waals surface area contributed by atoms with Gasteiger partial charge in [0.2, 0.25) is 0 Å². The van der Waals surface area contributed by atoms with Crippen LogP contribution in [0.5, 0.6) is 5.75 Å². The van der Waals surface area contributed by atoms with Gasteiger partial charge in [0.15, 0.2) is 0 Å². The summed E-state index contributed by atoms with van der Waals surface area (Å²) in [4.78, 5) is 0. The van der Waals surface area contributed by atoms with E-state index >= 15 is 0 Å². The molecule has 1 N–H and O–H groups in total. The average molecular weight is 269 g/mol. The molecule has 0 aliphatic heterocycles.